The first-order valence-corrected chi connectivity index (χ1v) is 6.34. The third kappa shape index (κ3) is 2.99. The van der Waals surface area contributed by atoms with Crippen molar-refractivity contribution in [3.8, 4) is 0 Å². The first-order valence-electron chi connectivity index (χ1n) is 6.34. The molecular formula is C14H20N2O. The predicted octanol–water partition coefficient (Wildman–Crippen LogP) is 2.55. The molecule has 17 heavy (non-hydrogen) atoms. The van der Waals surface area contributed by atoms with Crippen molar-refractivity contribution in [2.45, 2.75) is 38.1 Å². The number of amides is 1. The monoisotopic (exact) mass is 232 g/mol. The van der Waals surface area contributed by atoms with Crippen LogP contribution in [-0.2, 0) is 4.79 Å². The largest absolute Gasteiger partial charge is 0.376 e. The van der Waals surface area contributed by atoms with Crippen LogP contribution in [0.1, 0.15) is 32.6 Å². The molecule has 1 aromatic rings. The highest BCUT2D eigenvalue weighted by Gasteiger charge is 2.36. The van der Waals surface area contributed by atoms with Crippen molar-refractivity contribution in [1.82, 2.24) is 5.32 Å². The summed E-state index contributed by atoms with van der Waals surface area (Å²) in [5.74, 6) is 0.0930. The maximum atomic E-state index is 11.8. The Kier molecular flexibility index (Phi) is 3.67. The van der Waals surface area contributed by atoms with Crippen LogP contribution >= 0.6 is 0 Å². The second-order valence-electron chi connectivity index (χ2n) is 4.76. The molecule has 0 atom stereocenters. The van der Waals surface area contributed by atoms with Crippen LogP contribution in [0.25, 0.3) is 0 Å². The van der Waals surface area contributed by atoms with E-state index in [1.54, 1.807) is 0 Å². The molecule has 0 spiro atoms. The topological polar surface area (TPSA) is 41.1 Å². The number of rotatable bonds is 5. The van der Waals surface area contributed by atoms with E-state index >= 15 is 0 Å². The lowest BCUT2D eigenvalue weighted by Crippen LogP contribution is -2.54. The van der Waals surface area contributed by atoms with Gasteiger partial charge in [-0.25, -0.2) is 0 Å². The first kappa shape index (κ1) is 12.0. The first-order chi connectivity index (χ1) is 8.24. The van der Waals surface area contributed by atoms with Gasteiger partial charge in [0.25, 0.3) is 0 Å². The number of hydrogen-bond acceptors (Lipinski definition) is 2. The minimum Gasteiger partial charge on any atom is -0.376 e. The van der Waals surface area contributed by atoms with Crippen LogP contribution in [0.4, 0.5) is 5.69 Å². The zero-order valence-electron chi connectivity index (χ0n) is 10.3. The van der Waals surface area contributed by atoms with E-state index in [9.17, 15) is 4.79 Å². The van der Waals surface area contributed by atoms with Crippen LogP contribution in [0.15, 0.2) is 30.3 Å². The SMILES string of the molecule is CCC1(NC(=O)CNc2ccccc2)CCC1. The molecule has 0 radical (unpaired) electrons. The summed E-state index contributed by atoms with van der Waals surface area (Å²) in [6, 6.07) is 9.81. The van der Waals surface area contributed by atoms with E-state index in [0.29, 0.717) is 6.54 Å². The summed E-state index contributed by atoms with van der Waals surface area (Å²) >= 11 is 0. The Balaban J connectivity index is 1.78. The summed E-state index contributed by atoms with van der Waals surface area (Å²) < 4.78 is 0. The number of nitrogens with one attached hydrogen (secondary N) is 2. The van der Waals surface area contributed by atoms with E-state index in [2.05, 4.69) is 17.6 Å². The average molecular weight is 232 g/mol. The summed E-state index contributed by atoms with van der Waals surface area (Å²) in [6.45, 7) is 2.50. The van der Waals surface area contributed by atoms with E-state index in [1.807, 2.05) is 30.3 Å². The molecule has 2 N–H and O–H groups in total. The van der Waals surface area contributed by atoms with Crippen LogP contribution < -0.4 is 10.6 Å². The van der Waals surface area contributed by atoms with Gasteiger partial charge in [0.15, 0.2) is 0 Å². The molecule has 0 aromatic heterocycles. The van der Waals surface area contributed by atoms with Gasteiger partial charge in [0, 0.05) is 11.2 Å². The molecule has 0 aliphatic heterocycles. The molecule has 92 valence electrons. The third-order valence-corrected chi connectivity index (χ3v) is 3.62. The van der Waals surface area contributed by atoms with Crippen molar-refractivity contribution in [1.29, 1.82) is 0 Å². The molecule has 1 aliphatic carbocycles. The van der Waals surface area contributed by atoms with E-state index in [4.69, 9.17) is 0 Å². The Hall–Kier alpha value is -1.51. The predicted molar refractivity (Wildman–Crippen MR) is 69.9 cm³/mol. The molecule has 3 heteroatoms. The Morgan fingerprint density at radius 2 is 2.00 bits per heavy atom. The minimum absolute atomic E-state index is 0.0927. The maximum absolute atomic E-state index is 11.8. The molecule has 3 nitrogen and oxygen atoms in total. The highest BCUT2D eigenvalue weighted by Crippen LogP contribution is 2.34. The highest BCUT2D eigenvalue weighted by molar-refractivity contribution is 5.81. The summed E-state index contributed by atoms with van der Waals surface area (Å²) in [4.78, 5) is 11.8. The number of carbonyl (C=O) groups is 1. The molecule has 0 saturated heterocycles. The third-order valence-electron chi connectivity index (χ3n) is 3.62. The average Bonchev–Trinajstić information content (AvgIpc) is 2.33. The summed E-state index contributed by atoms with van der Waals surface area (Å²) in [5.41, 5.74) is 1.08. The molecule has 0 heterocycles. The zero-order chi connectivity index (χ0) is 12.1. The van der Waals surface area contributed by atoms with Crippen molar-refractivity contribution in [3.63, 3.8) is 0 Å². The second kappa shape index (κ2) is 5.21. The Morgan fingerprint density at radius 1 is 1.29 bits per heavy atom. The lowest BCUT2D eigenvalue weighted by Gasteiger charge is -2.42. The fraction of sp³-hybridized carbons (Fsp3) is 0.500. The molecule has 1 fully saturated rings. The molecule has 1 amide bonds. The van der Waals surface area contributed by atoms with Crippen molar-refractivity contribution in [2.75, 3.05) is 11.9 Å². The standard InChI is InChI=1S/C14H20N2O/c1-2-14(9-6-10-14)16-13(17)11-15-12-7-4-3-5-8-12/h3-5,7-8,15H,2,6,9-11H2,1H3,(H,16,17). The lowest BCUT2D eigenvalue weighted by molar-refractivity contribution is -0.122. The van der Waals surface area contributed by atoms with Gasteiger partial charge in [-0.05, 0) is 37.8 Å². The van der Waals surface area contributed by atoms with E-state index < -0.39 is 0 Å². The molecule has 1 aromatic carbocycles. The number of benzene rings is 1. The van der Waals surface area contributed by atoms with Gasteiger partial charge in [-0.2, -0.15) is 0 Å². The maximum Gasteiger partial charge on any atom is 0.239 e. The van der Waals surface area contributed by atoms with Crippen LogP contribution in [0.2, 0.25) is 0 Å². The number of anilines is 1. The van der Waals surface area contributed by atoms with Gasteiger partial charge in [0.1, 0.15) is 0 Å². The quantitative estimate of drug-likeness (QED) is 0.819. The molecule has 1 aliphatic rings. The van der Waals surface area contributed by atoms with Gasteiger partial charge in [0.05, 0.1) is 6.54 Å². The smallest absolute Gasteiger partial charge is 0.239 e. The van der Waals surface area contributed by atoms with Crippen LogP contribution in [0.3, 0.4) is 0 Å². The molecule has 1 saturated carbocycles. The fourth-order valence-corrected chi connectivity index (χ4v) is 2.25. The van der Waals surface area contributed by atoms with Gasteiger partial charge in [-0.3, -0.25) is 4.79 Å². The van der Waals surface area contributed by atoms with E-state index in [1.165, 1.54) is 6.42 Å². The van der Waals surface area contributed by atoms with E-state index in [-0.39, 0.29) is 11.4 Å². The highest BCUT2D eigenvalue weighted by atomic mass is 16.2. The van der Waals surface area contributed by atoms with Crippen molar-refractivity contribution < 1.29 is 4.79 Å². The van der Waals surface area contributed by atoms with Crippen molar-refractivity contribution in [2.24, 2.45) is 0 Å². The Bertz CT molecular complexity index is 366. The van der Waals surface area contributed by atoms with Gasteiger partial charge >= 0.3 is 0 Å². The van der Waals surface area contributed by atoms with E-state index in [0.717, 1.165) is 24.9 Å². The normalized spacial score (nSPS) is 17.0. The zero-order valence-corrected chi connectivity index (χ0v) is 10.3. The number of carbonyl (C=O) groups excluding carboxylic acids is 1. The summed E-state index contributed by atoms with van der Waals surface area (Å²) in [5, 5.41) is 6.28. The van der Waals surface area contributed by atoms with Crippen LogP contribution in [0, 0.1) is 0 Å². The fourth-order valence-electron chi connectivity index (χ4n) is 2.25. The molecular weight excluding hydrogens is 212 g/mol. The van der Waals surface area contributed by atoms with Crippen LogP contribution in [-0.4, -0.2) is 18.0 Å². The summed E-state index contributed by atoms with van der Waals surface area (Å²) in [6.07, 6.45) is 4.52. The van der Waals surface area contributed by atoms with Gasteiger partial charge < -0.3 is 10.6 Å². The minimum atomic E-state index is 0.0927. The number of para-hydroxylation sites is 1. The second-order valence-corrected chi connectivity index (χ2v) is 4.76. The van der Waals surface area contributed by atoms with Gasteiger partial charge in [-0.1, -0.05) is 25.1 Å². The number of hydrogen-bond donors (Lipinski definition) is 2. The van der Waals surface area contributed by atoms with Gasteiger partial charge in [-0.15, -0.1) is 0 Å². The van der Waals surface area contributed by atoms with Crippen molar-refractivity contribution in [3.05, 3.63) is 30.3 Å². The molecule has 2 rings (SSSR count). The summed E-state index contributed by atoms with van der Waals surface area (Å²) in [7, 11) is 0. The van der Waals surface area contributed by atoms with Crippen LogP contribution in [0.5, 0.6) is 0 Å². The van der Waals surface area contributed by atoms with Crippen molar-refractivity contribution >= 4 is 11.6 Å². The Labute approximate surface area is 103 Å². The lowest BCUT2D eigenvalue weighted by atomic mass is 9.75. The Morgan fingerprint density at radius 3 is 2.53 bits per heavy atom. The molecule has 0 bridgehead atoms. The molecule has 0 unspecified atom stereocenters. The van der Waals surface area contributed by atoms with Gasteiger partial charge in [0.2, 0.25) is 5.91 Å².